The maximum absolute atomic E-state index is 13.4. The lowest BCUT2D eigenvalue weighted by atomic mass is 10.0. The fraction of sp³-hybridized carbons (Fsp3) is 0.231. The van der Waals surface area contributed by atoms with E-state index in [9.17, 15) is 13.2 Å². The molecule has 3 rings (SSSR count). The summed E-state index contributed by atoms with van der Waals surface area (Å²) in [7, 11) is -3.95. The van der Waals surface area contributed by atoms with Gasteiger partial charge in [0.05, 0.1) is 16.8 Å². The standard InChI is InChI=1S/C26H29N3O3S/c1-19(2)23-11-9-22(10-12-23)17-27-28-26(30)18-29(24-13-5-20(3)6-14-24)33(31,32)25-15-7-21(4)8-16-25/h5-17,19H,18H2,1-4H3,(H,28,30)/b27-17-. The largest absolute Gasteiger partial charge is 0.271 e. The predicted octanol–water partition coefficient (Wildman–Crippen LogP) is 4.77. The molecule has 0 aliphatic heterocycles. The molecule has 33 heavy (non-hydrogen) atoms. The topological polar surface area (TPSA) is 78.8 Å². The van der Waals surface area contributed by atoms with E-state index in [0.29, 0.717) is 11.6 Å². The van der Waals surface area contributed by atoms with E-state index in [1.165, 1.54) is 11.8 Å². The lowest BCUT2D eigenvalue weighted by Gasteiger charge is -2.24. The SMILES string of the molecule is Cc1ccc(N(CC(=O)N/N=C\c2ccc(C(C)C)cc2)S(=O)(=O)c2ccc(C)cc2)cc1. The average Bonchev–Trinajstić information content (AvgIpc) is 2.79. The summed E-state index contributed by atoms with van der Waals surface area (Å²) in [5, 5.41) is 4.00. The van der Waals surface area contributed by atoms with Crippen LogP contribution >= 0.6 is 0 Å². The second-order valence-corrected chi connectivity index (χ2v) is 10.1. The monoisotopic (exact) mass is 463 g/mol. The predicted molar refractivity (Wildman–Crippen MR) is 133 cm³/mol. The fourth-order valence-electron chi connectivity index (χ4n) is 3.18. The molecule has 172 valence electrons. The maximum atomic E-state index is 13.4. The third kappa shape index (κ3) is 6.29. The highest BCUT2D eigenvalue weighted by molar-refractivity contribution is 7.92. The van der Waals surface area contributed by atoms with Gasteiger partial charge in [0, 0.05) is 0 Å². The number of sulfonamides is 1. The Balaban J connectivity index is 1.79. The van der Waals surface area contributed by atoms with Crippen LogP contribution in [0.15, 0.2) is 82.8 Å². The third-order valence-corrected chi connectivity index (χ3v) is 7.01. The van der Waals surface area contributed by atoms with Crippen LogP contribution in [0.25, 0.3) is 0 Å². The van der Waals surface area contributed by atoms with Gasteiger partial charge in [-0.2, -0.15) is 5.10 Å². The van der Waals surface area contributed by atoms with Gasteiger partial charge >= 0.3 is 0 Å². The Hall–Kier alpha value is -3.45. The van der Waals surface area contributed by atoms with Crippen molar-refractivity contribution in [3.63, 3.8) is 0 Å². The van der Waals surface area contributed by atoms with E-state index in [0.717, 1.165) is 21.0 Å². The van der Waals surface area contributed by atoms with Crippen molar-refractivity contribution >= 4 is 27.8 Å². The van der Waals surface area contributed by atoms with Gasteiger partial charge in [0.25, 0.3) is 15.9 Å². The number of amides is 1. The lowest BCUT2D eigenvalue weighted by Crippen LogP contribution is -2.39. The van der Waals surface area contributed by atoms with Gasteiger partial charge in [-0.25, -0.2) is 13.8 Å². The molecule has 0 aliphatic rings. The highest BCUT2D eigenvalue weighted by atomic mass is 32.2. The van der Waals surface area contributed by atoms with Crippen molar-refractivity contribution in [3.05, 3.63) is 95.1 Å². The number of anilines is 1. The minimum atomic E-state index is -3.95. The smallest absolute Gasteiger partial charge is 0.264 e. The molecular weight excluding hydrogens is 434 g/mol. The Morgan fingerprint density at radius 3 is 2.00 bits per heavy atom. The van der Waals surface area contributed by atoms with Crippen LogP contribution in [-0.4, -0.2) is 27.1 Å². The Morgan fingerprint density at radius 2 is 1.45 bits per heavy atom. The molecule has 1 amide bonds. The van der Waals surface area contributed by atoms with E-state index in [1.807, 2.05) is 50.2 Å². The van der Waals surface area contributed by atoms with Crippen molar-refractivity contribution in [2.75, 3.05) is 10.8 Å². The Bertz CT molecular complexity index is 1220. The van der Waals surface area contributed by atoms with Crippen LogP contribution in [0.1, 0.15) is 42.0 Å². The van der Waals surface area contributed by atoms with Crippen LogP contribution in [0.3, 0.4) is 0 Å². The van der Waals surface area contributed by atoms with Crippen LogP contribution in [0, 0.1) is 13.8 Å². The van der Waals surface area contributed by atoms with Crippen molar-refractivity contribution in [3.8, 4) is 0 Å². The minimum Gasteiger partial charge on any atom is -0.271 e. The van der Waals surface area contributed by atoms with Crippen molar-refractivity contribution in [2.24, 2.45) is 5.10 Å². The van der Waals surface area contributed by atoms with Crippen LogP contribution in [0.4, 0.5) is 5.69 Å². The zero-order valence-corrected chi connectivity index (χ0v) is 20.1. The molecule has 0 atom stereocenters. The zero-order valence-electron chi connectivity index (χ0n) is 19.3. The summed E-state index contributed by atoms with van der Waals surface area (Å²) in [5.41, 5.74) is 6.83. The molecule has 3 aromatic rings. The molecule has 6 nitrogen and oxygen atoms in total. The van der Waals surface area contributed by atoms with E-state index in [2.05, 4.69) is 24.4 Å². The number of nitrogens with zero attached hydrogens (tertiary/aromatic N) is 2. The quantitative estimate of drug-likeness (QED) is 0.386. The summed E-state index contributed by atoms with van der Waals surface area (Å²) in [6.07, 6.45) is 1.53. The summed E-state index contributed by atoms with van der Waals surface area (Å²) in [4.78, 5) is 12.7. The molecule has 1 N–H and O–H groups in total. The molecule has 0 aromatic heterocycles. The highest BCUT2D eigenvalue weighted by Crippen LogP contribution is 2.24. The molecule has 0 saturated heterocycles. The lowest BCUT2D eigenvalue weighted by molar-refractivity contribution is -0.119. The molecule has 0 heterocycles. The molecule has 7 heteroatoms. The Kier molecular flexibility index (Phi) is 7.66. The molecule has 0 bridgehead atoms. The number of hydrogen-bond donors (Lipinski definition) is 1. The average molecular weight is 464 g/mol. The van der Waals surface area contributed by atoms with E-state index >= 15 is 0 Å². The van der Waals surface area contributed by atoms with Crippen LogP contribution in [-0.2, 0) is 14.8 Å². The van der Waals surface area contributed by atoms with E-state index < -0.39 is 22.5 Å². The van der Waals surface area contributed by atoms with Gasteiger partial charge in [-0.15, -0.1) is 0 Å². The van der Waals surface area contributed by atoms with Gasteiger partial charge in [-0.3, -0.25) is 9.10 Å². The number of hydrogen-bond acceptors (Lipinski definition) is 4. The Labute approximate surface area is 196 Å². The molecule has 0 unspecified atom stereocenters. The second kappa shape index (κ2) is 10.4. The first-order valence-electron chi connectivity index (χ1n) is 10.7. The van der Waals surface area contributed by atoms with Gasteiger partial charge in [-0.05, 0) is 55.2 Å². The number of carbonyl (C=O) groups is 1. The number of carbonyl (C=O) groups excluding carboxylic acids is 1. The maximum Gasteiger partial charge on any atom is 0.264 e. The molecule has 3 aromatic carbocycles. The number of hydrazone groups is 1. The minimum absolute atomic E-state index is 0.121. The van der Waals surface area contributed by atoms with Crippen molar-refractivity contribution in [2.45, 2.75) is 38.5 Å². The molecule has 0 saturated carbocycles. The zero-order chi connectivity index (χ0) is 24.0. The number of benzene rings is 3. The molecule has 0 radical (unpaired) electrons. The van der Waals surface area contributed by atoms with Gasteiger partial charge < -0.3 is 0 Å². The van der Waals surface area contributed by atoms with Gasteiger partial charge in [-0.1, -0.05) is 73.5 Å². The number of rotatable bonds is 8. The molecule has 0 aliphatic carbocycles. The fourth-order valence-corrected chi connectivity index (χ4v) is 4.60. The van der Waals surface area contributed by atoms with Crippen molar-refractivity contribution in [1.82, 2.24) is 5.43 Å². The van der Waals surface area contributed by atoms with Gasteiger partial charge in [0.1, 0.15) is 6.54 Å². The summed E-state index contributed by atoms with van der Waals surface area (Å²) in [5.74, 6) is -0.111. The van der Waals surface area contributed by atoms with Crippen LogP contribution in [0.5, 0.6) is 0 Å². The van der Waals surface area contributed by atoms with E-state index in [4.69, 9.17) is 0 Å². The first-order valence-corrected chi connectivity index (χ1v) is 12.2. The van der Waals surface area contributed by atoms with E-state index in [-0.39, 0.29) is 4.90 Å². The molecule has 0 spiro atoms. The molecular formula is C26H29N3O3S. The van der Waals surface area contributed by atoms with Crippen LogP contribution < -0.4 is 9.73 Å². The third-order valence-electron chi connectivity index (χ3n) is 5.22. The second-order valence-electron chi connectivity index (χ2n) is 8.27. The summed E-state index contributed by atoms with van der Waals surface area (Å²) in [6.45, 7) is 7.64. The summed E-state index contributed by atoms with van der Waals surface area (Å²) < 4.78 is 27.8. The first kappa shape index (κ1) is 24.2. The van der Waals surface area contributed by atoms with Crippen molar-refractivity contribution < 1.29 is 13.2 Å². The van der Waals surface area contributed by atoms with Gasteiger partial charge in [0.2, 0.25) is 0 Å². The number of aryl methyl sites for hydroxylation is 2. The highest BCUT2D eigenvalue weighted by Gasteiger charge is 2.27. The van der Waals surface area contributed by atoms with Crippen molar-refractivity contribution in [1.29, 1.82) is 0 Å². The summed E-state index contributed by atoms with van der Waals surface area (Å²) >= 11 is 0. The van der Waals surface area contributed by atoms with Crippen LogP contribution in [0.2, 0.25) is 0 Å². The number of nitrogens with one attached hydrogen (secondary N) is 1. The Morgan fingerprint density at radius 1 is 0.909 bits per heavy atom. The normalized spacial score (nSPS) is 11.7. The first-order chi connectivity index (χ1) is 15.7. The molecule has 0 fully saturated rings. The van der Waals surface area contributed by atoms with Gasteiger partial charge in [0.15, 0.2) is 0 Å². The van der Waals surface area contributed by atoms with E-state index in [1.54, 1.807) is 36.4 Å². The summed E-state index contributed by atoms with van der Waals surface area (Å²) in [6, 6.07) is 21.4.